The molecule has 1 N–H and O–H groups in total. The number of nitrogens with zero attached hydrogens (tertiary/aromatic N) is 1. The fourth-order valence-corrected chi connectivity index (χ4v) is 3.35. The monoisotopic (exact) mass is 280 g/mol. The maximum absolute atomic E-state index is 4.64. The number of hydrogen-bond acceptors (Lipinski definition) is 2. The van der Waals surface area contributed by atoms with E-state index in [4.69, 9.17) is 0 Å². The highest BCUT2D eigenvalue weighted by molar-refractivity contribution is 5.41. The lowest BCUT2D eigenvalue weighted by molar-refractivity contribution is 0.415. The van der Waals surface area contributed by atoms with Gasteiger partial charge in [-0.15, -0.1) is 0 Å². The number of aromatic nitrogens is 1. The van der Waals surface area contributed by atoms with Crippen LogP contribution in [0.1, 0.15) is 59.3 Å². The molecule has 0 spiro atoms. The van der Waals surface area contributed by atoms with Crippen LogP contribution in [0.4, 0.5) is 0 Å². The van der Waals surface area contributed by atoms with E-state index in [0.717, 1.165) is 17.3 Å². The third-order valence-electron chi connectivity index (χ3n) is 4.72. The zero-order chi connectivity index (χ0) is 14.8. The van der Waals surface area contributed by atoms with Gasteiger partial charge in [0.15, 0.2) is 0 Å². The molecule has 2 heteroatoms. The van der Waals surface area contributed by atoms with E-state index in [1.165, 1.54) is 36.0 Å². The van der Waals surface area contributed by atoms with Gasteiger partial charge in [0, 0.05) is 11.4 Å². The first kappa shape index (κ1) is 14.3. The molecule has 2 aromatic rings. The summed E-state index contributed by atoms with van der Waals surface area (Å²) in [6, 6.07) is 13.5. The molecule has 21 heavy (non-hydrogen) atoms. The van der Waals surface area contributed by atoms with Crippen molar-refractivity contribution in [1.29, 1.82) is 0 Å². The van der Waals surface area contributed by atoms with E-state index in [9.17, 15) is 0 Å². The van der Waals surface area contributed by atoms with Gasteiger partial charge in [-0.2, -0.15) is 0 Å². The van der Waals surface area contributed by atoms with Crippen LogP contribution in [0, 0.1) is 13.8 Å². The van der Waals surface area contributed by atoms with Crippen LogP contribution in [0.15, 0.2) is 36.4 Å². The second-order valence-electron chi connectivity index (χ2n) is 6.11. The van der Waals surface area contributed by atoms with Crippen LogP contribution in [0.2, 0.25) is 0 Å². The number of benzene rings is 1. The zero-order valence-electron chi connectivity index (χ0n) is 13.2. The average molecular weight is 280 g/mol. The Morgan fingerprint density at radius 1 is 1.05 bits per heavy atom. The zero-order valence-corrected chi connectivity index (χ0v) is 13.2. The Labute approximate surface area is 127 Å². The molecule has 3 rings (SSSR count). The summed E-state index contributed by atoms with van der Waals surface area (Å²) < 4.78 is 0. The van der Waals surface area contributed by atoms with E-state index in [1.54, 1.807) is 0 Å². The van der Waals surface area contributed by atoms with Gasteiger partial charge in [0.25, 0.3) is 0 Å². The maximum Gasteiger partial charge on any atom is 0.0595 e. The molecule has 1 fully saturated rings. The summed E-state index contributed by atoms with van der Waals surface area (Å²) in [4.78, 5) is 4.64. The van der Waals surface area contributed by atoms with Crippen LogP contribution in [-0.2, 0) is 0 Å². The third kappa shape index (κ3) is 2.73. The fraction of sp³-hybridized carbons (Fsp3) is 0.421. The maximum atomic E-state index is 4.64. The second-order valence-corrected chi connectivity index (χ2v) is 6.11. The molecule has 110 valence electrons. The minimum absolute atomic E-state index is 0.231. The number of nitrogens with one attached hydrogen (secondary N) is 1. The number of hydrogen-bond donors (Lipinski definition) is 1. The summed E-state index contributed by atoms with van der Waals surface area (Å²) in [5, 5.41) is 3.50. The first-order valence-electron chi connectivity index (χ1n) is 7.91. The Hall–Kier alpha value is -1.67. The van der Waals surface area contributed by atoms with E-state index in [1.807, 2.05) is 14.0 Å². The summed E-state index contributed by atoms with van der Waals surface area (Å²) >= 11 is 0. The molecule has 0 bridgehead atoms. The van der Waals surface area contributed by atoms with Crippen molar-refractivity contribution in [3.05, 3.63) is 64.5 Å². The summed E-state index contributed by atoms with van der Waals surface area (Å²) in [5.74, 6) is 0.746. The van der Waals surface area contributed by atoms with Gasteiger partial charge in [0.05, 0.1) is 6.04 Å². The van der Waals surface area contributed by atoms with Crippen LogP contribution >= 0.6 is 0 Å². The van der Waals surface area contributed by atoms with Crippen molar-refractivity contribution in [3.8, 4) is 0 Å². The van der Waals surface area contributed by atoms with Gasteiger partial charge in [-0.05, 0) is 62.4 Å². The Balaban J connectivity index is 2.03. The molecule has 1 aromatic heterocycles. The Morgan fingerprint density at radius 3 is 2.43 bits per heavy atom. The van der Waals surface area contributed by atoms with E-state index < -0.39 is 0 Å². The molecule has 1 aliphatic carbocycles. The molecular weight excluding hydrogens is 256 g/mol. The van der Waals surface area contributed by atoms with E-state index in [-0.39, 0.29) is 6.04 Å². The molecule has 0 radical (unpaired) electrons. The van der Waals surface area contributed by atoms with Crippen LogP contribution in [-0.4, -0.2) is 12.0 Å². The predicted molar refractivity (Wildman–Crippen MR) is 87.6 cm³/mol. The average Bonchev–Trinajstić information content (AvgIpc) is 2.41. The molecule has 2 nitrogen and oxygen atoms in total. The van der Waals surface area contributed by atoms with Crippen molar-refractivity contribution in [2.45, 2.75) is 45.1 Å². The fourth-order valence-electron chi connectivity index (χ4n) is 3.35. The Bertz CT molecular complexity index is 629. The smallest absolute Gasteiger partial charge is 0.0595 e. The van der Waals surface area contributed by atoms with Gasteiger partial charge < -0.3 is 5.32 Å². The Morgan fingerprint density at radius 2 is 1.81 bits per heavy atom. The van der Waals surface area contributed by atoms with Crippen molar-refractivity contribution in [2.24, 2.45) is 0 Å². The number of aryl methyl sites for hydroxylation is 2. The van der Waals surface area contributed by atoms with Crippen molar-refractivity contribution < 1.29 is 0 Å². The quantitative estimate of drug-likeness (QED) is 0.904. The first-order chi connectivity index (χ1) is 10.2. The van der Waals surface area contributed by atoms with Crippen molar-refractivity contribution in [1.82, 2.24) is 10.3 Å². The topological polar surface area (TPSA) is 24.9 Å². The Kier molecular flexibility index (Phi) is 4.07. The SMILES string of the molecule is CNC(c1ccccc1C1CCC1)c1ccc(C)nc1C. The third-order valence-corrected chi connectivity index (χ3v) is 4.72. The molecule has 0 aliphatic heterocycles. The number of pyridine rings is 1. The molecule has 0 amide bonds. The van der Waals surface area contributed by atoms with Gasteiger partial charge in [0.1, 0.15) is 0 Å². The highest BCUT2D eigenvalue weighted by Crippen LogP contribution is 2.40. The second kappa shape index (κ2) is 5.98. The van der Waals surface area contributed by atoms with Crippen molar-refractivity contribution >= 4 is 0 Å². The summed E-state index contributed by atoms with van der Waals surface area (Å²) in [6.07, 6.45) is 4.03. The standard InChI is InChI=1S/C19H24N2/c1-13-11-12-16(14(2)21-13)19(20-3)18-10-5-4-9-17(18)15-7-6-8-15/h4-5,9-12,15,19-20H,6-8H2,1-3H3. The van der Waals surface area contributed by atoms with E-state index in [2.05, 4.69) is 53.6 Å². The van der Waals surface area contributed by atoms with Gasteiger partial charge in [-0.1, -0.05) is 36.8 Å². The van der Waals surface area contributed by atoms with Crippen LogP contribution in [0.3, 0.4) is 0 Å². The lowest BCUT2D eigenvalue weighted by atomic mass is 9.76. The lowest BCUT2D eigenvalue weighted by Crippen LogP contribution is -2.22. The van der Waals surface area contributed by atoms with Gasteiger partial charge in [0.2, 0.25) is 0 Å². The summed E-state index contributed by atoms with van der Waals surface area (Å²) in [6.45, 7) is 4.16. The molecular formula is C19H24N2. The first-order valence-corrected chi connectivity index (χ1v) is 7.91. The summed E-state index contributed by atoms with van der Waals surface area (Å²) in [7, 11) is 2.04. The molecule has 1 unspecified atom stereocenters. The van der Waals surface area contributed by atoms with E-state index >= 15 is 0 Å². The van der Waals surface area contributed by atoms with Crippen molar-refractivity contribution in [2.75, 3.05) is 7.05 Å². The van der Waals surface area contributed by atoms with Crippen molar-refractivity contribution in [3.63, 3.8) is 0 Å². The van der Waals surface area contributed by atoms with Gasteiger partial charge in [-0.25, -0.2) is 0 Å². The predicted octanol–water partition coefficient (Wildman–Crippen LogP) is 4.27. The lowest BCUT2D eigenvalue weighted by Gasteiger charge is -2.31. The normalized spacial score (nSPS) is 16.5. The number of rotatable bonds is 4. The highest BCUT2D eigenvalue weighted by atomic mass is 14.9. The van der Waals surface area contributed by atoms with Gasteiger partial charge in [-0.3, -0.25) is 4.98 Å². The minimum atomic E-state index is 0.231. The van der Waals surface area contributed by atoms with Crippen LogP contribution in [0.5, 0.6) is 0 Å². The molecule has 0 saturated heterocycles. The van der Waals surface area contributed by atoms with Crippen LogP contribution in [0.25, 0.3) is 0 Å². The minimum Gasteiger partial charge on any atom is -0.309 e. The van der Waals surface area contributed by atoms with E-state index in [0.29, 0.717) is 0 Å². The van der Waals surface area contributed by atoms with Crippen LogP contribution < -0.4 is 5.32 Å². The molecule has 1 aromatic carbocycles. The molecule has 1 aliphatic rings. The molecule has 1 heterocycles. The highest BCUT2D eigenvalue weighted by Gasteiger charge is 2.25. The largest absolute Gasteiger partial charge is 0.309 e. The summed E-state index contributed by atoms with van der Waals surface area (Å²) in [5.41, 5.74) is 6.42. The molecule has 1 atom stereocenters. The van der Waals surface area contributed by atoms with Gasteiger partial charge >= 0.3 is 0 Å². The molecule has 1 saturated carbocycles.